The number of nitrogens with one attached hydrogen (secondary N) is 2. The SMILES string of the molecule is Cc1nn(C)c2ncc(NC(=O)NC[C@](C)(O)c3ccsc3)cc12. The van der Waals surface area contributed by atoms with Crippen molar-refractivity contribution in [2.24, 2.45) is 7.05 Å². The predicted molar refractivity (Wildman–Crippen MR) is 94.2 cm³/mol. The van der Waals surface area contributed by atoms with Crippen LogP contribution in [-0.4, -0.2) is 32.4 Å². The maximum atomic E-state index is 12.1. The van der Waals surface area contributed by atoms with E-state index in [1.54, 1.807) is 17.8 Å². The monoisotopic (exact) mass is 345 g/mol. The number of carbonyl (C=O) groups excluding carboxylic acids is 1. The number of rotatable bonds is 4. The number of carbonyl (C=O) groups is 1. The second-order valence-electron chi connectivity index (χ2n) is 5.90. The highest BCUT2D eigenvalue weighted by Crippen LogP contribution is 2.22. The van der Waals surface area contributed by atoms with E-state index in [1.807, 2.05) is 36.9 Å². The molecule has 3 rings (SSSR count). The Bertz CT molecular complexity index is 870. The molecule has 3 heterocycles. The van der Waals surface area contributed by atoms with E-state index in [4.69, 9.17) is 0 Å². The van der Waals surface area contributed by atoms with Crippen molar-refractivity contribution in [3.05, 3.63) is 40.3 Å². The second kappa shape index (κ2) is 6.21. The number of aliphatic hydroxyl groups is 1. The van der Waals surface area contributed by atoms with Crippen molar-refractivity contribution in [2.75, 3.05) is 11.9 Å². The third kappa shape index (κ3) is 3.24. The van der Waals surface area contributed by atoms with Gasteiger partial charge in [-0.15, -0.1) is 0 Å². The van der Waals surface area contributed by atoms with Gasteiger partial charge in [0.2, 0.25) is 0 Å². The molecule has 3 aromatic rings. The number of hydrogen-bond acceptors (Lipinski definition) is 5. The molecule has 0 fully saturated rings. The Morgan fingerprint density at radius 1 is 1.50 bits per heavy atom. The van der Waals surface area contributed by atoms with Crippen LogP contribution in [0.4, 0.5) is 10.5 Å². The number of thiophene rings is 1. The van der Waals surface area contributed by atoms with Gasteiger partial charge in [-0.1, -0.05) is 0 Å². The molecule has 1 atom stereocenters. The molecule has 0 aromatic carbocycles. The van der Waals surface area contributed by atoms with Crippen LogP contribution in [-0.2, 0) is 12.6 Å². The van der Waals surface area contributed by atoms with Gasteiger partial charge >= 0.3 is 6.03 Å². The third-order valence-electron chi connectivity index (χ3n) is 3.86. The highest BCUT2D eigenvalue weighted by atomic mass is 32.1. The Balaban J connectivity index is 1.66. The van der Waals surface area contributed by atoms with E-state index < -0.39 is 11.6 Å². The zero-order chi connectivity index (χ0) is 17.3. The number of aryl methyl sites for hydroxylation is 2. The van der Waals surface area contributed by atoms with Crippen molar-refractivity contribution >= 4 is 34.1 Å². The number of pyridine rings is 1. The summed E-state index contributed by atoms with van der Waals surface area (Å²) in [5.41, 5.74) is 1.86. The summed E-state index contributed by atoms with van der Waals surface area (Å²) in [5.74, 6) is 0. The van der Waals surface area contributed by atoms with Gasteiger partial charge in [-0.3, -0.25) is 4.68 Å². The number of anilines is 1. The summed E-state index contributed by atoms with van der Waals surface area (Å²) in [6, 6.07) is 3.28. The van der Waals surface area contributed by atoms with Gasteiger partial charge in [-0.2, -0.15) is 16.4 Å². The molecule has 3 aromatic heterocycles. The maximum absolute atomic E-state index is 12.1. The number of urea groups is 1. The van der Waals surface area contributed by atoms with Crippen LogP contribution in [0.5, 0.6) is 0 Å². The molecule has 0 bridgehead atoms. The van der Waals surface area contributed by atoms with E-state index in [9.17, 15) is 9.90 Å². The first-order valence-electron chi connectivity index (χ1n) is 7.46. The van der Waals surface area contributed by atoms with Crippen LogP contribution in [0.25, 0.3) is 11.0 Å². The van der Waals surface area contributed by atoms with Gasteiger partial charge in [0.15, 0.2) is 5.65 Å². The first-order chi connectivity index (χ1) is 11.4. The molecule has 3 N–H and O–H groups in total. The number of aromatic nitrogens is 3. The Kier molecular flexibility index (Phi) is 4.25. The Labute approximate surface area is 143 Å². The van der Waals surface area contributed by atoms with Crippen molar-refractivity contribution in [1.82, 2.24) is 20.1 Å². The Morgan fingerprint density at radius 2 is 2.29 bits per heavy atom. The molecular formula is C16H19N5O2S. The predicted octanol–water partition coefficient (Wildman–Crippen LogP) is 2.37. The lowest BCUT2D eigenvalue weighted by atomic mass is 9.99. The summed E-state index contributed by atoms with van der Waals surface area (Å²) < 4.78 is 1.70. The van der Waals surface area contributed by atoms with Gasteiger partial charge in [0, 0.05) is 12.4 Å². The van der Waals surface area contributed by atoms with E-state index >= 15 is 0 Å². The number of fused-ring (bicyclic) bond motifs is 1. The normalized spacial score (nSPS) is 13.7. The zero-order valence-electron chi connectivity index (χ0n) is 13.7. The highest BCUT2D eigenvalue weighted by molar-refractivity contribution is 7.08. The van der Waals surface area contributed by atoms with Crippen molar-refractivity contribution in [3.63, 3.8) is 0 Å². The first kappa shape index (κ1) is 16.4. The number of amides is 2. The highest BCUT2D eigenvalue weighted by Gasteiger charge is 2.24. The van der Waals surface area contributed by atoms with Gasteiger partial charge in [0.25, 0.3) is 0 Å². The molecule has 0 aliphatic rings. The first-order valence-corrected chi connectivity index (χ1v) is 8.40. The molecule has 0 spiro atoms. The minimum Gasteiger partial charge on any atom is -0.384 e. The van der Waals surface area contributed by atoms with Gasteiger partial charge in [0.1, 0.15) is 5.60 Å². The summed E-state index contributed by atoms with van der Waals surface area (Å²) in [6.45, 7) is 3.67. The van der Waals surface area contributed by atoms with Crippen molar-refractivity contribution in [2.45, 2.75) is 19.4 Å². The second-order valence-corrected chi connectivity index (χ2v) is 6.68. The molecular weight excluding hydrogens is 326 g/mol. The van der Waals surface area contributed by atoms with Crippen molar-refractivity contribution in [1.29, 1.82) is 0 Å². The quantitative estimate of drug-likeness (QED) is 0.677. The minimum absolute atomic E-state index is 0.108. The van der Waals surface area contributed by atoms with Crippen molar-refractivity contribution in [3.8, 4) is 0 Å². The summed E-state index contributed by atoms with van der Waals surface area (Å²) in [7, 11) is 1.83. The summed E-state index contributed by atoms with van der Waals surface area (Å²) in [5, 5.41) is 24.8. The lowest BCUT2D eigenvalue weighted by Crippen LogP contribution is -2.40. The van der Waals surface area contributed by atoms with Crippen LogP contribution < -0.4 is 10.6 Å². The van der Waals surface area contributed by atoms with Crippen LogP contribution >= 0.6 is 11.3 Å². The van der Waals surface area contributed by atoms with Gasteiger partial charge in [-0.25, -0.2) is 9.78 Å². The summed E-state index contributed by atoms with van der Waals surface area (Å²) in [4.78, 5) is 16.4. The van der Waals surface area contributed by atoms with E-state index in [2.05, 4.69) is 20.7 Å². The molecule has 7 nitrogen and oxygen atoms in total. The van der Waals surface area contributed by atoms with E-state index in [0.29, 0.717) is 5.69 Å². The van der Waals surface area contributed by atoms with Crippen LogP contribution in [0.1, 0.15) is 18.2 Å². The molecule has 24 heavy (non-hydrogen) atoms. The van der Waals surface area contributed by atoms with Crippen LogP contribution in [0, 0.1) is 6.92 Å². The number of nitrogens with zero attached hydrogens (tertiary/aromatic N) is 3. The fourth-order valence-corrected chi connectivity index (χ4v) is 3.26. The molecule has 0 radical (unpaired) electrons. The molecule has 8 heteroatoms. The average Bonchev–Trinajstić information content (AvgIpc) is 3.16. The molecule has 0 aliphatic heterocycles. The van der Waals surface area contributed by atoms with Crippen LogP contribution in [0.3, 0.4) is 0 Å². The summed E-state index contributed by atoms with van der Waals surface area (Å²) >= 11 is 1.50. The van der Waals surface area contributed by atoms with E-state index in [1.165, 1.54) is 11.3 Å². The Hall–Kier alpha value is -2.45. The third-order valence-corrected chi connectivity index (χ3v) is 4.54. The molecule has 0 saturated carbocycles. The largest absolute Gasteiger partial charge is 0.384 e. The minimum atomic E-state index is -1.11. The fraction of sp³-hybridized carbons (Fsp3) is 0.312. The smallest absolute Gasteiger partial charge is 0.319 e. The topological polar surface area (TPSA) is 92.1 Å². The molecule has 0 saturated heterocycles. The lowest BCUT2D eigenvalue weighted by molar-refractivity contribution is 0.0604. The molecule has 2 amide bonds. The van der Waals surface area contributed by atoms with Crippen LogP contribution in [0.2, 0.25) is 0 Å². The maximum Gasteiger partial charge on any atom is 0.319 e. The molecule has 0 unspecified atom stereocenters. The zero-order valence-corrected chi connectivity index (χ0v) is 14.5. The van der Waals surface area contributed by atoms with Gasteiger partial charge in [0.05, 0.1) is 24.1 Å². The average molecular weight is 345 g/mol. The summed E-state index contributed by atoms with van der Waals surface area (Å²) in [6.07, 6.45) is 1.58. The molecule has 0 aliphatic carbocycles. The van der Waals surface area contributed by atoms with Gasteiger partial charge in [-0.05, 0) is 42.3 Å². The number of hydrogen-bond donors (Lipinski definition) is 3. The van der Waals surface area contributed by atoms with Gasteiger partial charge < -0.3 is 15.7 Å². The lowest BCUT2D eigenvalue weighted by Gasteiger charge is -2.22. The van der Waals surface area contributed by atoms with E-state index in [-0.39, 0.29) is 6.54 Å². The standard InChI is InChI=1S/C16H19N5O2S/c1-10-13-6-12(7-17-14(13)21(3)20-10)19-15(22)18-9-16(2,23)11-4-5-24-8-11/h4-8,23H,9H2,1-3H3,(H2,18,19,22)/t16-/m0/s1. The Morgan fingerprint density at radius 3 is 3.00 bits per heavy atom. The van der Waals surface area contributed by atoms with Crippen molar-refractivity contribution < 1.29 is 9.90 Å². The fourth-order valence-electron chi connectivity index (χ4n) is 2.48. The molecule has 126 valence electrons. The van der Waals surface area contributed by atoms with Crippen LogP contribution in [0.15, 0.2) is 29.1 Å². The van der Waals surface area contributed by atoms with E-state index in [0.717, 1.165) is 22.3 Å².